The van der Waals surface area contributed by atoms with Crippen molar-refractivity contribution in [1.29, 1.82) is 0 Å². The highest BCUT2D eigenvalue weighted by Gasteiger charge is 2.29. The predicted molar refractivity (Wildman–Crippen MR) is 87.5 cm³/mol. The highest BCUT2D eigenvalue weighted by Crippen LogP contribution is 2.19. The SMILES string of the molecule is CC1CCN(C(C)C)CC1NC(=O)CN1CCCCCC1=O. The van der Waals surface area contributed by atoms with Crippen molar-refractivity contribution in [3.8, 4) is 0 Å². The average Bonchev–Trinajstić information content (AvgIpc) is 2.66. The molecule has 0 aromatic carbocycles. The van der Waals surface area contributed by atoms with Gasteiger partial charge in [-0.15, -0.1) is 0 Å². The number of nitrogens with zero attached hydrogens (tertiary/aromatic N) is 2. The van der Waals surface area contributed by atoms with Crippen LogP contribution in [0, 0.1) is 5.92 Å². The Morgan fingerprint density at radius 3 is 2.77 bits per heavy atom. The van der Waals surface area contributed by atoms with Gasteiger partial charge in [0, 0.05) is 31.6 Å². The van der Waals surface area contributed by atoms with E-state index in [2.05, 4.69) is 31.0 Å². The second kappa shape index (κ2) is 7.95. The van der Waals surface area contributed by atoms with Gasteiger partial charge in [-0.25, -0.2) is 0 Å². The fourth-order valence-corrected chi connectivity index (χ4v) is 3.38. The fourth-order valence-electron chi connectivity index (χ4n) is 3.38. The van der Waals surface area contributed by atoms with E-state index in [4.69, 9.17) is 0 Å². The molecule has 2 atom stereocenters. The van der Waals surface area contributed by atoms with Crippen molar-refractivity contribution in [2.75, 3.05) is 26.2 Å². The van der Waals surface area contributed by atoms with E-state index < -0.39 is 0 Å². The highest BCUT2D eigenvalue weighted by molar-refractivity contribution is 5.85. The van der Waals surface area contributed by atoms with Gasteiger partial charge < -0.3 is 10.2 Å². The van der Waals surface area contributed by atoms with E-state index in [1.54, 1.807) is 4.90 Å². The van der Waals surface area contributed by atoms with Crippen LogP contribution in [0.5, 0.6) is 0 Å². The maximum Gasteiger partial charge on any atom is 0.239 e. The lowest BCUT2D eigenvalue weighted by Gasteiger charge is -2.39. The third-order valence-electron chi connectivity index (χ3n) is 5.07. The van der Waals surface area contributed by atoms with Crippen molar-refractivity contribution < 1.29 is 9.59 Å². The zero-order valence-electron chi connectivity index (χ0n) is 14.3. The van der Waals surface area contributed by atoms with Gasteiger partial charge in [-0.3, -0.25) is 14.5 Å². The van der Waals surface area contributed by atoms with Crippen molar-refractivity contribution in [2.24, 2.45) is 5.92 Å². The van der Waals surface area contributed by atoms with Gasteiger partial charge in [0.05, 0.1) is 6.54 Å². The van der Waals surface area contributed by atoms with E-state index in [9.17, 15) is 9.59 Å². The summed E-state index contributed by atoms with van der Waals surface area (Å²) in [6.07, 6.45) is 4.77. The largest absolute Gasteiger partial charge is 0.350 e. The van der Waals surface area contributed by atoms with E-state index in [0.717, 1.165) is 45.3 Å². The van der Waals surface area contributed by atoms with Crippen molar-refractivity contribution in [1.82, 2.24) is 15.1 Å². The van der Waals surface area contributed by atoms with Crippen molar-refractivity contribution in [2.45, 2.75) is 65.0 Å². The predicted octanol–water partition coefficient (Wildman–Crippen LogP) is 1.62. The van der Waals surface area contributed by atoms with Crippen LogP contribution in [-0.4, -0.2) is 59.9 Å². The Morgan fingerprint density at radius 1 is 1.27 bits per heavy atom. The molecule has 2 heterocycles. The van der Waals surface area contributed by atoms with Crippen LogP contribution < -0.4 is 5.32 Å². The lowest BCUT2D eigenvalue weighted by molar-refractivity contribution is -0.136. The molecule has 22 heavy (non-hydrogen) atoms. The normalized spacial score (nSPS) is 27.8. The van der Waals surface area contributed by atoms with E-state index in [0.29, 0.717) is 18.4 Å². The summed E-state index contributed by atoms with van der Waals surface area (Å²) in [5, 5.41) is 3.17. The number of hydrogen-bond acceptors (Lipinski definition) is 3. The number of likely N-dealkylation sites (tertiary alicyclic amines) is 2. The molecule has 5 nitrogen and oxygen atoms in total. The lowest BCUT2D eigenvalue weighted by Crippen LogP contribution is -2.55. The molecule has 2 aliphatic rings. The van der Waals surface area contributed by atoms with Crippen molar-refractivity contribution >= 4 is 11.8 Å². The second-order valence-electron chi connectivity index (χ2n) is 7.15. The molecule has 5 heteroatoms. The van der Waals surface area contributed by atoms with Gasteiger partial charge in [0.1, 0.15) is 0 Å². The Hall–Kier alpha value is -1.10. The van der Waals surface area contributed by atoms with E-state index in [1.165, 1.54) is 0 Å². The molecule has 126 valence electrons. The summed E-state index contributed by atoms with van der Waals surface area (Å²) in [6.45, 7) is 9.58. The number of hydrogen-bond donors (Lipinski definition) is 1. The summed E-state index contributed by atoms with van der Waals surface area (Å²) in [7, 11) is 0. The molecular formula is C17H31N3O2. The molecule has 1 N–H and O–H groups in total. The number of piperidine rings is 1. The first-order chi connectivity index (χ1) is 10.5. The molecule has 0 aromatic heterocycles. The molecule has 0 aliphatic carbocycles. The molecule has 2 amide bonds. The van der Waals surface area contributed by atoms with Crippen LogP contribution in [0.4, 0.5) is 0 Å². The third-order valence-corrected chi connectivity index (χ3v) is 5.07. The molecular weight excluding hydrogens is 278 g/mol. The van der Waals surface area contributed by atoms with Crippen molar-refractivity contribution in [3.63, 3.8) is 0 Å². The standard InChI is InChI=1S/C17H31N3O2/c1-13(2)19-10-8-14(3)15(11-19)18-16(21)12-20-9-6-4-5-7-17(20)22/h13-15H,4-12H2,1-3H3,(H,18,21). The van der Waals surface area contributed by atoms with Crippen LogP contribution in [0.15, 0.2) is 0 Å². The summed E-state index contributed by atoms with van der Waals surface area (Å²) in [6, 6.07) is 0.713. The first-order valence-corrected chi connectivity index (χ1v) is 8.78. The minimum atomic E-state index is -0.00212. The molecule has 0 bridgehead atoms. The number of amides is 2. The zero-order valence-corrected chi connectivity index (χ0v) is 14.3. The van der Waals surface area contributed by atoms with E-state index in [1.807, 2.05) is 0 Å². The Kier molecular flexibility index (Phi) is 6.24. The van der Waals surface area contributed by atoms with Crippen LogP contribution in [0.1, 0.15) is 52.9 Å². The maximum absolute atomic E-state index is 12.3. The summed E-state index contributed by atoms with van der Waals surface area (Å²) >= 11 is 0. The quantitative estimate of drug-likeness (QED) is 0.858. The smallest absolute Gasteiger partial charge is 0.239 e. The number of carbonyl (C=O) groups is 2. The molecule has 2 fully saturated rings. The number of nitrogens with one attached hydrogen (secondary N) is 1. The van der Waals surface area contributed by atoms with Gasteiger partial charge in [0.15, 0.2) is 0 Å². The summed E-state index contributed by atoms with van der Waals surface area (Å²) in [4.78, 5) is 28.5. The van der Waals surface area contributed by atoms with Crippen LogP contribution in [0.25, 0.3) is 0 Å². The zero-order chi connectivity index (χ0) is 16.1. The molecule has 2 rings (SSSR count). The number of carbonyl (C=O) groups excluding carboxylic acids is 2. The van der Waals surface area contributed by atoms with Gasteiger partial charge in [0.25, 0.3) is 0 Å². The molecule has 2 unspecified atom stereocenters. The topological polar surface area (TPSA) is 52.7 Å². The molecule has 2 saturated heterocycles. The monoisotopic (exact) mass is 309 g/mol. The Balaban J connectivity index is 1.85. The minimum Gasteiger partial charge on any atom is -0.350 e. The first-order valence-electron chi connectivity index (χ1n) is 8.78. The molecule has 0 aromatic rings. The molecule has 0 radical (unpaired) electrons. The van der Waals surface area contributed by atoms with E-state index >= 15 is 0 Å². The Labute approximate surface area is 134 Å². The Morgan fingerprint density at radius 2 is 2.05 bits per heavy atom. The summed E-state index contributed by atoms with van der Waals surface area (Å²) in [5.74, 6) is 0.629. The van der Waals surface area contributed by atoms with E-state index in [-0.39, 0.29) is 24.4 Å². The third kappa shape index (κ3) is 4.70. The van der Waals surface area contributed by atoms with Crippen LogP contribution in [0.2, 0.25) is 0 Å². The van der Waals surface area contributed by atoms with Gasteiger partial charge in [-0.2, -0.15) is 0 Å². The Bertz CT molecular complexity index is 397. The fraction of sp³-hybridized carbons (Fsp3) is 0.882. The van der Waals surface area contributed by atoms with Gasteiger partial charge in [-0.1, -0.05) is 13.3 Å². The number of rotatable bonds is 4. The van der Waals surface area contributed by atoms with Crippen LogP contribution >= 0.6 is 0 Å². The van der Waals surface area contributed by atoms with Crippen molar-refractivity contribution in [3.05, 3.63) is 0 Å². The molecule has 0 saturated carbocycles. The summed E-state index contributed by atoms with van der Waals surface area (Å²) in [5.41, 5.74) is 0. The summed E-state index contributed by atoms with van der Waals surface area (Å²) < 4.78 is 0. The first kappa shape index (κ1) is 17.3. The minimum absolute atomic E-state index is 0.00212. The lowest BCUT2D eigenvalue weighted by atomic mass is 9.92. The van der Waals surface area contributed by atoms with Crippen LogP contribution in [0.3, 0.4) is 0 Å². The average molecular weight is 309 g/mol. The van der Waals surface area contributed by atoms with Gasteiger partial charge in [0.2, 0.25) is 11.8 Å². The van der Waals surface area contributed by atoms with Crippen LogP contribution in [-0.2, 0) is 9.59 Å². The molecule has 0 spiro atoms. The van der Waals surface area contributed by atoms with Gasteiger partial charge >= 0.3 is 0 Å². The molecule has 2 aliphatic heterocycles. The second-order valence-corrected chi connectivity index (χ2v) is 7.15. The van der Waals surface area contributed by atoms with Gasteiger partial charge in [-0.05, 0) is 45.6 Å². The highest BCUT2D eigenvalue weighted by atomic mass is 16.2. The maximum atomic E-state index is 12.3.